The van der Waals surface area contributed by atoms with Crippen LogP contribution in [0.5, 0.6) is 0 Å². The highest BCUT2D eigenvalue weighted by Gasteiger charge is 2.12. The number of rotatable bonds is 1. The number of benzene rings is 1. The van der Waals surface area contributed by atoms with Crippen molar-refractivity contribution < 1.29 is 0 Å². The molecule has 0 amide bonds. The summed E-state index contributed by atoms with van der Waals surface area (Å²) in [5.41, 5.74) is 7.65. The van der Waals surface area contributed by atoms with E-state index >= 15 is 0 Å². The lowest BCUT2D eigenvalue weighted by Gasteiger charge is -2.03. The Kier molecular flexibility index (Phi) is 2.55. The van der Waals surface area contributed by atoms with E-state index in [1.54, 1.807) is 31.2 Å². The van der Waals surface area contributed by atoms with Gasteiger partial charge in [-0.1, -0.05) is 11.6 Å². The van der Waals surface area contributed by atoms with Crippen molar-refractivity contribution in [3.05, 3.63) is 40.5 Å². The molecule has 1 aromatic heterocycles. The molecule has 16 heavy (non-hydrogen) atoms. The SMILES string of the molecule is Cc1nn(-c2ccc(Cl)cc2)c(N)c1C#N. The molecule has 0 unspecified atom stereocenters. The summed E-state index contributed by atoms with van der Waals surface area (Å²) in [6.45, 7) is 1.75. The van der Waals surface area contributed by atoms with Crippen molar-refractivity contribution in [2.45, 2.75) is 6.92 Å². The van der Waals surface area contributed by atoms with Gasteiger partial charge in [0.25, 0.3) is 0 Å². The lowest BCUT2D eigenvalue weighted by atomic mass is 10.2. The molecule has 2 aromatic rings. The normalized spacial score (nSPS) is 10.1. The summed E-state index contributed by atoms with van der Waals surface area (Å²) in [6, 6.07) is 9.13. The summed E-state index contributed by atoms with van der Waals surface area (Å²) >= 11 is 5.79. The van der Waals surface area contributed by atoms with E-state index in [2.05, 4.69) is 5.10 Å². The number of aryl methyl sites for hydroxylation is 1. The highest BCUT2D eigenvalue weighted by atomic mass is 35.5. The van der Waals surface area contributed by atoms with Crippen molar-refractivity contribution in [1.82, 2.24) is 9.78 Å². The summed E-state index contributed by atoms with van der Waals surface area (Å²) < 4.78 is 1.53. The lowest BCUT2D eigenvalue weighted by Crippen LogP contribution is -2.02. The first kappa shape index (κ1) is 10.5. The molecule has 1 aromatic carbocycles. The van der Waals surface area contributed by atoms with Gasteiger partial charge < -0.3 is 5.73 Å². The number of nitrogen functional groups attached to an aromatic ring is 1. The zero-order valence-corrected chi connectivity index (χ0v) is 9.36. The van der Waals surface area contributed by atoms with Gasteiger partial charge in [0.05, 0.1) is 11.4 Å². The number of halogens is 1. The Bertz CT molecular complexity index is 563. The van der Waals surface area contributed by atoms with E-state index < -0.39 is 0 Å². The second-order valence-electron chi connectivity index (χ2n) is 3.35. The Morgan fingerprint density at radius 3 is 2.50 bits per heavy atom. The van der Waals surface area contributed by atoms with Crippen LogP contribution in [0.2, 0.25) is 5.02 Å². The second-order valence-corrected chi connectivity index (χ2v) is 3.78. The fourth-order valence-corrected chi connectivity index (χ4v) is 1.59. The maximum absolute atomic E-state index is 8.90. The molecule has 80 valence electrons. The summed E-state index contributed by atoms with van der Waals surface area (Å²) in [5.74, 6) is 0.349. The molecule has 0 bridgehead atoms. The molecular formula is C11H9ClN4. The van der Waals surface area contributed by atoms with E-state index in [-0.39, 0.29) is 0 Å². The molecule has 0 radical (unpaired) electrons. The highest BCUT2D eigenvalue weighted by Crippen LogP contribution is 2.20. The first-order valence-electron chi connectivity index (χ1n) is 4.64. The van der Waals surface area contributed by atoms with E-state index in [0.717, 1.165) is 5.69 Å². The highest BCUT2D eigenvalue weighted by molar-refractivity contribution is 6.30. The van der Waals surface area contributed by atoms with Crippen LogP contribution in [0.1, 0.15) is 11.3 Å². The van der Waals surface area contributed by atoms with Gasteiger partial charge in [-0.2, -0.15) is 10.4 Å². The third kappa shape index (κ3) is 1.62. The maximum atomic E-state index is 8.90. The van der Waals surface area contributed by atoms with Crippen molar-refractivity contribution in [2.75, 3.05) is 5.73 Å². The van der Waals surface area contributed by atoms with Crippen LogP contribution < -0.4 is 5.73 Å². The molecule has 0 atom stereocenters. The predicted octanol–water partition coefficient (Wildman–Crippen LogP) is 2.29. The molecule has 0 saturated heterocycles. The van der Waals surface area contributed by atoms with Gasteiger partial charge in [-0.05, 0) is 31.2 Å². The molecule has 2 rings (SSSR count). The standard InChI is InChI=1S/C11H9ClN4/c1-7-10(6-13)11(14)16(15-7)9-4-2-8(12)3-5-9/h2-5H,14H2,1H3. The first-order chi connectivity index (χ1) is 7.63. The van der Waals surface area contributed by atoms with Gasteiger partial charge >= 0.3 is 0 Å². The third-order valence-corrected chi connectivity index (χ3v) is 2.53. The molecule has 0 aliphatic carbocycles. The van der Waals surface area contributed by atoms with Crippen LogP contribution in [0, 0.1) is 18.3 Å². The van der Waals surface area contributed by atoms with Crippen LogP contribution in [-0.4, -0.2) is 9.78 Å². The van der Waals surface area contributed by atoms with Crippen molar-refractivity contribution >= 4 is 17.4 Å². The average Bonchev–Trinajstić information content (AvgIpc) is 2.55. The molecule has 5 heteroatoms. The van der Waals surface area contributed by atoms with Crippen molar-refractivity contribution in [1.29, 1.82) is 5.26 Å². The summed E-state index contributed by atoms with van der Waals surface area (Å²) in [7, 11) is 0. The molecule has 0 saturated carbocycles. The van der Waals surface area contributed by atoms with Crippen molar-refractivity contribution in [2.24, 2.45) is 0 Å². The molecule has 0 aliphatic rings. The number of nitrogens with two attached hydrogens (primary N) is 1. The number of nitrogens with zero attached hydrogens (tertiary/aromatic N) is 3. The minimum absolute atomic E-state index is 0.349. The number of hydrogen-bond acceptors (Lipinski definition) is 3. The smallest absolute Gasteiger partial charge is 0.145 e. The molecule has 2 N–H and O–H groups in total. The maximum Gasteiger partial charge on any atom is 0.145 e. The van der Waals surface area contributed by atoms with E-state index in [9.17, 15) is 0 Å². The second kappa shape index (κ2) is 3.87. The molecular weight excluding hydrogens is 224 g/mol. The van der Waals surface area contributed by atoms with Gasteiger partial charge in [0, 0.05) is 5.02 Å². The molecule has 0 aliphatic heterocycles. The van der Waals surface area contributed by atoms with E-state index in [4.69, 9.17) is 22.6 Å². The molecule has 4 nitrogen and oxygen atoms in total. The first-order valence-corrected chi connectivity index (χ1v) is 5.02. The molecule has 0 spiro atoms. The van der Waals surface area contributed by atoms with Gasteiger partial charge in [-0.15, -0.1) is 0 Å². The van der Waals surface area contributed by atoms with Crippen LogP contribution in [0.15, 0.2) is 24.3 Å². The topological polar surface area (TPSA) is 67.6 Å². The number of anilines is 1. The van der Waals surface area contributed by atoms with Crippen LogP contribution >= 0.6 is 11.6 Å². The van der Waals surface area contributed by atoms with Crippen LogP contribution in [0.3, 0.4) is 0 Å². The minimum atomic E-state index is 0.349. The van der Waals surface area contributed by atoms with E-state index in [1.165, 1.54) is 4.68 Å². The Morgan fingerprint density at radius 2 is 2.00 bits per heavy atom. The van der Waals surface area contributed by atoms with E-state index in [0.29, 0.717) is 22.1 Å². The Balaban J connectivity index is 2.58. The monoisotopic (exact) mass is 232 g/mol. The Morgan fingerprint density at radius 1 is 1.38 bits per heavy atom. The zero-order chi connectivity index (χ0) is 11.7. The van der Waals surface area contributed by atoms with Gasteiger partial charge in [-0.3, -0.25) is 0 Å². The third-order valence-electron chi connectivity index (χ3n) is 2.28. The van der Waals surface area contributed by atoms with Gasteiger partial charge in [0.1, 0.15) is 17.5 Å². The van der Waals surface area contributed by atoms with Gasteiger partial charge in [0.2, 0.25) is 0 Å². The quantitative estimate of drug-likeness (QED) is 0.820. The Labute approximate surface area is 97.9 Å². The van der Waals surface area contributed by atoms with Crippen molar-refractivity contribution in [3.63, 3.8) is 0 Å². The minimum Gasteiger partial charge on any atom is -0.382 e. The predicted molar refractivity (Wildman–Crippen MR) is 62.4 cm³/mol. The molecule has 0 fully saturated rings. The van der Waals surface area contributed by atoms with Crippen LogP contribution in [0.4, 0.5) is 5.82 Å². The molecule has 1 heterocycles. The number of hydrogen-bond donors (Lipinski definition) is 1. The summed E-state index contributed by atoms with van der Waals surface area (Å²) in [6.07, 6.45) is 0. The van der Waals surface area contributed by atoms with Gasteiger partial charge in [0.15, 0.2) is 0 Å². The average molecular weight is 233 g/mol. The van der Waals surface area contributed by atoms with Crippen LogP contribution in [-0.2, 0) is 0 Å². The zero-order valence-electron chi connectivity index (χ0n) is 8.61. The van der Waals surface area contributed by atoms with Gasteiger partial charge in [-0.25, -0.2) is 4.68 Å². The largest absolute Gasteiger partial charge is 0.382 e. The Hall–Kier alpha value is -1.99. The fourth-order valence-electron chi connectivity index (χ4n) is 1.46. The summed E-state index contributed by atoms with van der Waals surface area (Å²) in [4.78, 5) is 0. The number of aromatic nitrogens is 2. The van der Waals surface area contributed by atoms with Crippen molar-refractivity contribution in [3.8, 4) is 11.8 Å². The lowest BCUT2D eigenvalue weighted by molar-refractivity contribution is 0.872. The summed E-state index contributed by atoms with van der Waals surface area (Å²) in [5, 5.41) is 13.8. The van der Waals surface area contributed by atoms with E-state index in [1.807, 2.05) is 6.07 Å². The number of nitriles is 1. The van der Waals surface area contributed by atoms with Crippen LogP contribution in [0.25, 0.3) is 5.69 Å². The fraction of sp³-hybridized carbons (Fsp3) is 0.0909.